The van der Waals surface area contributed by atoms with Crippen LogP contribution in [0.2, 0.25) is 0 Å². The van der Waals surface area contributed by atoms with Crippen LogP contribution in [0.3, 0.4) is 0 Å². The summed E-state index contributed by atoms with van der Waals surface area (Å²) in [6, 6.07) is 4.00. The molecule has 1 fully saturated rings. The average Bonchev–Trinajstić information content (AvgIpc) is 2.43. The summed E-state index contributed by atoms with van der Waals surface area (Å²) < 4.78 is 26.8. The molecule has 1 N–H and O–H groups in total. The molecule has 0 bridgehead atoms. The third kappa shape index (κ3) is 4.53. The van der Waals surface area contributed by atoms with Crippen molar-refractivity contribution in [3.63, 3.8) is 0 Å². The molecule has 0 radical (unpaired) electrons. The van der Waals surface area contributed by atoms with Crippen molar-refractivity contribution < 1.29 is 8.78 Å². The van der Waals surface area contributed by atoms with Gasteiger partial charge in [0.25, 0.3) is 0 Å². The summed E-state index contributed by atoms with van der Waals surface area (Å²) in [6.45, 7) is 6.79. The second-order valence-electron chi connectivity index (χ2n) is 5.75. The topological polar surface area (TPSA) is 15.3 Å². The summed E-state index contributed by atoms with van der Waals surface area (Å²) in [6.07, 6.45) is 3.59. The van der Waals surface area contributed by atoms with E-state index in [0.717, 1.165) is 25.4 Å². The van der Waals surface area contributed by atoms with Crippen molar-refractivity contribution in [3.05, 3.63) is 35.4 Å². The van der Waals surface area contributed by atoms with E-state index in [2.05, 4.69) is 17.1 Å². The Morgan fingerprint density at radius 3 is 2.50 bits per heavy atom. The number of likely N-dealkylation sites (tertiary alicyclic amines) is 1. The van der Waals surface area contributed by atoms with Crippen molar-refractivity contribution in [2.24, 2.45) is 5.92 Å². The maximum Gasteiger partial charge on any atom is 0.130 e. The SMILES string of the molecule is CC1CCN(CCCNCc2c(F)cccc2F)CC1. The Balaban J connectivity index is 1.62. The lowest BCUT2D eigenvalue weighted by atomic mass is 9.99. The summed E-state index contributed by atoms with van der Waals surface area (Å²) in [5, 5.41) is 3.13. The van der Waals surface area contributed by atoms with Crippen molar-refractivity contribution >= 4 is 0 Å². The minimum absolute atomic E-state index is 0.138. The Hall–Kier alpha value is -1.00. The van der Waals surface area contributed by atoms with Gasteiger partial charge in [-0.25, -0.2) is 8.78 Å². The molecule has 0 saturated carbocycles. The van der Waals surface area contributed by atoms with Gasteiger partial charge in [-0.05, 0) is 63.5 Å². The van der Waals surface area contributed by atoms with E-state index in [1.165, 1.54) is 44.1 Å². The molecule has 0 spiro atoms. The van der Waals surface area contributed by atoms with Gasteiger partial charge in [-0.15, -0.1) is 0 Å². The molecule has 1 heterocycles. The maximum atomic E-state index is 13.4. The number of nitrogens with zero attached hydrogens (tertiary/aromatic N) is 1. The van der Waals surface area contributed by atoms with E-state index in [4.69, 9.17) is 0 Å². The van der Waals surface area contributed by atoms with Gasteiger partial charge in [-0.1, -0.05) is 13.0 Å². The smallest absolute Gasteiger partial charge is 0.130 e. The first-order valence-corrected chi connectivity index (χ1v) is 7.53. The molecule has 1 aromatic rings. The van der Waals surface area contributed by atoms with Crippen molar-refractivity contribution in [2.45, 2.75) is 32.7 Å². The van der Waals surface area contributed by atoms with Crippen molar-refractivity contribution in [1.29, 1.82) is 0 Å². The Bertz CT molecular complexity index is 395. The molecule has 112 valence electrons. The Labute approximate surface area is 120 Å². The summed E-state index contributed by atoms with van der Waals surface area (Å²) in [5.41, 5.74) is 0.138. The fourth-order valence-corrected chi connectivity index (χ4v) is 2.63. The minimum atomic E-state index is -0.470. The number of nitrogens with one attached hydrogen (secondary N) is 1. The van der Waals surface area contributed by atoms with Crippen LogP contribution in [0.25, 0.3) is 0 Å². The van der Waals surface area contributed by atoms with Crippen LogP contribution in [0, 0.1) is 17.6 Å². The zero-order valence-corrected chi connectivity index (χ0v) is 12.2. The van der Waals surface area contributed by atoms with Gasteiger partial charge in [0.1, 0.15) is 11.6 Å². The quantitative estimate of drug-likeness (QED) is 0.806. The number of rotatable bonds is 6. The van der Waals surface area contributed by atoms with E-state index >= 15 is 0 Å². The van der Waals surface area contributed by atoms with Gasteiger partial charge in [-0.3, -0.25) is 0 Å². The Morgan fingerprint density at radius 2 is 1.85 bits per heavy atom. The predicted molar refractivity (Wildman–Crippen MR) is 77.5 cm³/mol. The molecule has 0 aliphatic carbocycles. The maximum absolute atomic E-state index is 13.4. The first-order valence-electron chi connectivity index (χ1n) is 7.53. The fraction of sp³-hybridized carbons (Fsp3) is 0.625. The summed E-state index contributed by atoms with van der Waals surface area (Å²) in [7, 11) is 0. The van der Waals surface area contributed by atoms with E-state index in [9.17, 15) is 8.78 Å². The number of benzene rings is 1. The van der Waals surface area contributed by atoms with E-state index in [0.29, 0.717) is 0 Å². The van der Waals surface area contributed by atoms with Crippen LogP contribution in [0.4, 0.5) is 8.78 Å². The largest absolute Gasteiger partial charge is 0.312 e. The third-order valence-corrected chi connectivity index (χ3v) is 4.07. The lowest BCUT2D eigenvalue weighted by Crippen LogP contribution is -2.34. The lowest BCUT2D eigenvalue weighted by molar-refractivity contribution is 0.190. The number of hydrogen-bond acceptors (Lipinski definition) is 2. The van der Waals surface area contributed by atoms with Gasteiger partial charge in [0.2, 0.25) is 0 Å². The molecular weight excluding hydrogens is 258 g/mol. The standard InChI is InChI=1S/C16H24F2N2/c1-13-6-10-20(11-7-13)9-3-8-19-12-14-15(17)4-2-5-16(14)18/h2,4-5,13,19H,3,6-12H2,1H3. The molecule has 1 aliphatic heterocycles. The van der Waals surface area contributed by atoms with Gasteiger partial charge < -0.3 is 10.2 Å². The zero-order chi connectivity index (χ0) is 14.4. The molecule has 0 amide bonds. The molecule has 2 nitrogen and oxygen atoms in total. The van der Waals surface area contributed by atoms with Gasteiger partial charge in [0, 0.05) is 12.1 Å². The Kier molecular flexibility index (Phi) is 5.92. The molecule has 1 aliphatic rings. The second kappa shape index (κ2) is 7.70. The summed E-state index contributed by atoms with van der Waals surface area (Å²) in [5.74, 6) is -0.0848. The zero-order valence-electron chi connectivity index (χ0n) is 12.2. The highest BCUT2D eigenvalue weighted by Crippen LogP contribution is 2.15. The average molecular weight is 282 g/mol. The van der Waals surface area contributed by atoms with Crippen LogP contribution in [-0.4, -0.2) is 31.1 Å². The molecular formula is C16H24F2N2. The van der Waals surface area contributed by atoms with Crippen LogP contribution < -0.4 is 5.32 Å². The fourth-order valence-electron chi connectivity index (χ4n) is 2.63. The number of hydrogen-bond donors (Lipinski definition) is 1. The summed E-state index contributed by atoms with van der Waals surface area (Å²) in [4.78, 5) is 2.48. The van der Waals surface area contributed by atoms with Crippen LogP contribution in [0.15, 0.2) is 18.2 Å². The van der Waals surface area contributed by atoms with Crippen LogP contribution >= 0.6 is 0 Å². The van der Waals surface area contributed by atoms with Crippen molar-refractivity contribution in [1.82, 2.24) is 10.2 Å². The van der Waals surface area contributed by atoms with Crippen molar-refractivity contribution in [3.8, 4) is 0 Å². The van der Waals surface area contributed by atoms with E-state index in [1.54, 1.807) is 0 Å². The molecule has 1 aromatic carbocycles. The van der Waals surface area contributed by atoms with E-state index < -0.39 is 11.6 Å². The minimum Gasteiger partial charge on any atom is -0.312 e. The van der Waals surface area contributed by atoms with Gasteiger partial charge >= 0.3 is 0 Å². The van der Waals surface area contributed by atoms with Gasteiger partial charge in [-0.2, -0.15) is 0 Å². The van der Waals surface area contributed by atoms with Gasteiger partial charge in [0.05, 0.1) is 0 Å². The lowest BCUT2D eigenvalue weighted by Gasteiger charge is -2.30. The van der Waals surface area contributed by atoms with Crippen LogP contribution in [0.1, 0.15) is 31.7 Å². The highest BCUT2D eigenvalue weighted by Gasteiger charge is 2.14. The first kappa shape index (κ1) is 15.4. The van der Waals surface area contributed by atoms with Crippen molar-refractivity contribution in [2.75, 3.05) is 26.2 Å². The molecule has 4 heteroatoms. The molecule has 0 atom stereocenters. The molecule has 0 aromatic heterocycles. The monoisotopic (exact) mass is 282 g/mol. The first-order chi connectivity index (χ1) is 9.66. The van der Waals surface area contributed by atoms with Gasteiger partial charge in [0.15, 0.2) is 0 Å². The number of piperidine rings is 1. The normalized spacial score (nSPS) is 17.6. The Morgan fingerprint density at radius 1 is 1.20 bits per heavy atom. The highest BCUT2D eigenvalue weighted by atomic mass is 19.1. The van der Waals surface area contributed by atoms with E-state index in [1.807, 2.05) is 0 Å². The third-order valence-electron chi connectivity index (χ3n) is 4.07. The molecule has 20 heavy (non-hydrogen) atoms. The van der Waals surface area contributed by atoms with Crippen LogP contribution in [-0.2, 0) is 6.54 Å². The predicted octanol–water partition coefficient (Wildman–Crippen LogP) is 3.18. The van der Waals surface area contributed by atoms with E-state index in [-0.39, 0.29) is 12.1 Å². The molecule has 2 rings (SSSR count). The molecule has 1 saturated heterocycles. The molecule has 0 unspecified atom stereocenters. The second-order valence-corrected chi connectivity index (χ2v) is 5.75. The summed E-state index contributed by atoms with van der Waals surface area (Å²) >= 11 is 0. The van der Waals surface area contributed by atoms with Crippen LogP contribution in [0.5, 0.6) is 0 Å². The highest BCUT2D eigenvalue weighted by molar-refractivity contribution is 5.19. The number of halogens is 2.